The third-order valence-electron chi connectivity index (χ3n) is 4.54. The van der Waals surface area contributed by atoms with Gasteiger partial charge in [-0.25, -0.2) is 22.2 Å². The van der Waals surface area contributed by atoms with Crippen molar-refractivity contribution in [3.05, 3.63) is 75.2 Å². The van der Waals surface area contributed by atoms with Crippen molar-refractivity contribution in [2.75, 3.05) is 4.72 Å². The van der Waals surface area contributed by atoms with Gasteiger partial charge in [-0.3, -0.25) is 9.52 Å². The van der Waals surface area contributed by atoms with E-state index in [1.165, 1.54) is 29.8 Å². The van der Waals surface area contributed by atoms with E-state index in [0.29, 0.717) is 15.9 Å². The van der Waals surface area contributed by atoms with Gasteiger partial charge in [0.1, 0.15) is 16.4 Å². The predicted molar refractivity (Wildman–Crippen MR) is 110 cm³/mol. The van der Waals surface area contributed by atoms with Crippen molar-refractivity contribution in [2.45, 2.75) is 18.7 Å². The first-order valence-corrected chi connectivity index (χ1v) is 11.0. The van der Waals surface area contributed by atoms with E-state index in [-0.39, 0.29) is 10.5 Å². The number of pyridine rings is 1. The van der Waals surface area contributed by atoms with Gasteiger partial charge in [0.05, 0.1) is 11.3 Å². The lowest BCUT2D eigenvalue weighted by Crippen LogP contribution is -2.16. The molecule has 0 aliphatic heterocycles. The Kier molecular flexibility index (Phi) is 4.91. The number of anilines is 1. The Balaban J connectivity index is 1.77. The largest absolute Gasteiger partial charge is 0.345 e. The van der Waals surface area contributed by atoms with Gasteiger partial charge in [-0.05, 0) is 44.2 Å². The van der Waals surface area contributed by atoms with Gasteiger partial charge in [-0.2, -0.15) is 0 Å². The number of carbonyl (C=O) groups is 1. The summed E-state index contributed by atoms with van der Waals surface area (Å²) in [4.78, 5) is 21.0. The normalized spacial score (nSPS) is 11.7. The molecule has 3 aromatic heterocycles. The molecule has 0 bridgehead atoms. The molecule has 4 rings (SSSR count). The summed E-state index contributed by atoms with van der Waals surface area (Å²) in [6, 6.07) is 6.46. The molecule has 2 N–H and O–H groups in total. The lowest BCUT2D eigenvalue weighted by atomic mass is 10.0. The second-order valence-electron chi connectivity index (χ2n) is 6.60. The van der Waals surface area contributed by atoms with Gasteiger partial charge in [-0.15, -0.1) is 11.3 Å². The third kappa shape index (κ3) is 3.37. The van der Waals surface area contributed by atoms with Crippen LogP contribution in [0.1, 0.15) is 25.7 Å². The van der Waals surface area contributed by atoms with E-state index in [0.717, 1.165) is 17.0 Å². The van der Waals surface area contributed by atoms with E-state index in [9.17, 15) is 17.6 Å². The second-order valence-corrected chi connectivity index (χ2v) is 9.71. The molecule has 0 aliphatic carbocycles. The number of H-pyrrole nitrogens is 1. The third-order valence-corrected chi connectivity index (χ3v) is 7.13. The second kappa shape index (κ2) is 7.29. The Bertz CT molecular complexity index is 1410. The van der Waals surface area contributed by atoms with Gasteiger partial charge in [0.2, 0.25) is 5.78 Å². The molecule has 0 aliphatic rings. The van der Waals surface area contributed by atoms with E-state index in [1.54, 1.807) is 26.0 Å². The van der Waals surface area contributed by atoms with Crippen LogP contribution in [0.15, 0.2) is 47.6 Å². The lowest BCUT2D eigenvalue weighted by Gasteiger charge is -2.12. The highest BCUT2D eigenvalue weighted by atomic mass is 32.2. The number of ketones is 1. The summed E-state index contributed by atoms with van der Waals surface area (Å²) in [6.07, 6.45) is 2.82. The van der Waals surface area contributed by atoms with Crippen molar-refractivity contribution < 1.29 is 22.0 Å². The summed E-state index contributed by atoms with van der Waals surface area (Å²) in [5, 5.41) is 0.400. The summed E-state index contributed by atoms with van der Waals surface area (Å²) in [5.41, 5.74) is -0.943. The summed E-state index contributed by atoms with van der Waals surface area (Å²) < 4.78 is 57.1. The van der Waals surface area contributed by atoms with Crippen molar-refractivity contribution in [1.82, 2.24) is 9.97 Å². The van der Waals surface area contributed by atoms with E-state index in [2.05, 4.69) is 14.7 Å². The number of benzene rings is 1. The molecule has 0 saturated heterocycles. The predicted octanol–water partition coefficient (Wildman–Crippen LogP) is 4.55. The van der Waals surface area contributed by atoms with E-state index < -0.39 is 38.7 Å². The molecule has 154 valence electrons. The van der Waals surface area contributed by atoms with Crippen LogP contribution in [-0.2, 0) is 10.0 Å². The maximum absolute atomic E-state index is 15.1. The number of thiophene rings is 1. The number of carbonyl (C=O) groups excluding carboxylic acids is 1. The number of hydrogen-bond acceptors (Lipinski definition) is 5. The van der Waals surface area contributed by atoms with Gasteiger partial charge in [0.15, 0.2) is 5.82 Å². The Hall–Kier alpha value is -3.11. The molecule has 30 heavy (non-hydrogen) atoms. The fourth-order valence-electron chi connectivity index (χ4n) is 3.19. The van der Waals surface area contributed by atoms with Crippen LogP contribution >= 0.6 is 11.3 Å². The van der Waals surface area contributed by atoms with E-state index in [1.807, 2.05) is 0 Å². The fourth-order valence-corrected chi connectivity index (χ4v) is 5.81. The molecule has 1 aromatic carbocycles. The number of sulfonamides is 1. The maximum atomic E-state index is 15.1. The Labute approximate surface area is 174 Å². The van der Waals surface area contributed by atoms with Crippen LogP contribution in [0.2, 0.25) is 0 Å². The lowest BCUT2D eigenvalue weighted by molar-refractivity contribution is 0.103. The van der Waals surface area contributed by atoms with Crippen LogP contribution in [0.25, 0.3) is 11.0 Å². The average Bonchev–Trinajstić information content (AvgIpc) is 3.27. The number of aromatic amines is 1. The number of fused-ring (bicyclic) bond motifs is 1. The molecule has 0 unspecified atom stereocenters. The number of nitrogens with zero attached hydrogens (tertiary/aromatic N) is 1. The number of nitrogens with one attached hydrogen (secondary N) is 2. The molecule has 0 saturated carbocycles. The minimum Gasteiger partial charge on any atom is -0.345 e. The monoisotopic (exact) mass is 447 g/mol. The van der Waals surface area contributed by atoms with Gasteiger partial charge in [-0.1, -0.05) is 0 Å². The smallest absolute Gasteiger partial charge is 0.263 e. The zero-order chi connectivity index (χ0) is 21.6. The number of halogens is 2. The summed E-state index contributed by atoms with van der Waals surface area (Å²) in [5.74, 6) is -3.31. The minimum absolute atomic E-state index is 0.00399. The zero-order valence-electron chi connectivity index (χ0n) is 15.8. The topological polar surface area (TPSA) is 91.9 Å². The van der Waals surface area contributed by atoms with Gasteiger partial charge >= 0.3 is 0 Å². The van der Waals surface area contributed by atoms with Crippen molar-refractivity contribution in [3.8, 4) is 0 Å². The van der Waals surface area contributed by atoms with Crippen molar-refractivity contribution in [3.63, 3.8) is 0 Å². The molecule has 0 atom stereocenters. The first-order valence-electron chi connectivity index (χ1n) is 8.73. The van der Waals surface area contributed by atoms with Crippen LogP contribution in [0.5, 0.6) is 0 Å². The number of hydrogen-bond donors (Lipinski definition) is 2. The highest BCUT2D eigenvalue weighted by Crippen LogP contribution is 2.30. The summed E-state index contributed by atoms with van der Waals surface area (Å²) in [6.45, 7) is 3.38. The van der Waals surface area contributed by atoms with Gasteiger partial charge in [0.25, 0.3) is 10.0 Å². The number of aryl methyl sites for hydroxylation is 2. The number of rotatable bonds is 5. The average molecular weight is 447 g/mol. The molecule has 0 amide bonds. The van der Waals surface area contributed by atoms with Crippen molar-refractivity contribution in [2.24, 2.45) is 0 Å². The van der Waals surface area contributed by atoms with Crippen LogP contribution < -0.4 is 4.72 Å². The molecule has 0 radical (unpaired) electrons. The van der Waals surface area contributed by atoms with Gasteiger partial charge in [0, 0.05) is 33.1 Å². The quantitative estimate of drug-likeness (QED) is 0.439. The molecule has 0 fully saturated rings. The van der Waals surface area contributed by atoms with Crippen molar-refractivity contribution in [1.29, 1.82) is 0 Å². The summed E-state index contributed by atoms with van der Waals surface area (Å²) >= 11 is 1.28. The molecule has 0 spiro atoms. The fraction of sp³-hybridized carbons (Fsp3) is 0.100. The standard InChI is InChI=1S/C20H15F2N3O3S2/c1-10-8-16(11(2)29-10)30(27,28)25-15-6-5-14(21)17(18(15)22)19(26)13-9-24-20-12(13)4-3-7-23-20/h3-9,25H,1-2H3,(H,23,24). The molecule has 3 heterocycles. The first-order chi connectivity index (χ1) is 14.2. The SMILES string of the molecule is Cc1cc(S(=O)(=O)Nc2ccc(F)c(C(=O)c3c[nH]c4ncccc34)c2F)c(C)s1. The number of aromatic nitrogens is 2. The van der Waals surface area contributed by atoms with Gasteiger partial charge < -0.3 is 4.98 Å². The molecule has 4 aromatic rings. The van der Waals surface area contributed by atoms with E-state index in [4.69, 9.17) is 0 Å². The highest BCUT2D eigenvalue weighted by molar-refractivity contribution is 7.93. The molecular formula is C20H15F2N3O3S2. The maximum Gasteiger partial charge on any atom is 0.263 e. The molecule has 6 nitrogen and oxygen atoms in total. The Morgan fingerprint density at radius 2 is 1.97 bits per heavy atom. The Morgan fingerprint density at radius 1 is 1.20 bits per heavy atom. The van der Waals surface area contributed by atoms with Crippen LogP contribution in [0.3, 0.4) is 0 Å². The molecule has 10 heteroatoms. The Morgan fingerprint density at radius 3 is 2.67 bits per heavy atom. The molecular weight excluding hydrogens is 432 g/mol. The van der Waals surface area contributed by atoms with Crippen LogP contribution in [0, 0.1) is 25.5 Å². The van der Waals surface area contributed by atoms with Crippen LogP contribution in [0.4, 0.5) is 14.5 Å². The minimum atomic E-state index is -4.12. The van der Waals surface area contributed by atoms with Crippen LogP contribution in [-0.4, -0.2) is 24.2 Å². The zero-order valence-corrected chi connectivity index (χ0v) is 17.4. The first kappa shape index (κ1) is 20.2. The highest BCUT2D eigenvalue weighted by Gasteiger charge is 2.27. The van der Waals surface area contributed by atoms with E-state index >= 15 is 4.39 Å². The summed E-state index contributed by atoms with van der Waals surface area (Å²) in [7, 11) is -4.12. The van der Waals surface area contributed by atoms with Crippen molar-refractivity contribution >= 4 is 43.9 Å².